The van der Waals surface area contributed by atoms with Crippen molar-refractivity contribution in [3.05, 3.63) is 47.8 Å². The SMILES string of the molecule is Cc1cnc(CNS(=O)(=O)c2cc(F)ccc2N)cn1. The van der Waals surface area contributed by atoms with Gasteiger partial charge in [-0.25, -0.2) is 17.5 Å². The van der Waals surface area contributed by atoms with E-state index in [2.05, 4.69) is 14.7 Å². The maximum atomic E-state index is 13.1. The Morgan fingerprint density at radius 1 is 1.30 bits per heavy atom. The van der Waals surface area contributed by atoms with Gasteiger partial charge in [-0.3, -0.25) is 9.97 Å². The fraction of sp³-hybridized carbons (Fsp3) is 0.167. The Balaban J connectivity index is 2.19. The monoisotopic (exact) mass is 296 g/mol. The van der Waals surface area contributed by atoms with Gasteiger partial charge in [-0.1, -0.05) is 0 Å². The van der Waals surface area contributed by atoms with Gasteiger partial charge in [0.1, 0.15) is 10.7 Å². The Hall–Kier alpha value is -2.06. The number of nitrogen functional groups attached to an aromatic ring is 1. The Bertz CT molecular complexity index is 717. The van der Waals surface area contributed by atoms with Gasteiger partial charge in [0.25, 0.3) is 0 Å². The summed E-state index contributed by atoms with van der Waals surface area (Å²) in [6.45, 7) is 1.72. The van der Waals surface area contributed by atoms with E-state index in [1.54, 1.807) is 6.92 Å². The van der Waals surface area contributed by atoms with E-state index in [-0.39, 0.29) is 17.1 Å². The minimum atomic E-state index is -3.90. The number of aromatic nitrogens is 2. The van der Waals surface area contributed by atoms with Crippen LogP contribution in [0.4, 0.5) is 10.1 Å². The van der Waals surface area contributed by atoms with E-state index in [1.165, 1.54) is 18.5 Å². The fourth-order valence-corrected chi connectivity index (χ4v) is 2.64. The van der Waals surface area contributed by atoms with Crippen LogP contribution in [0.1, 0.15) is 11.4 Å². The Kier molecular flexibility index (Phi) is 3.96. The highest BCUT2D eigenvalue weighted by Crippen LogP contribution is 2.19. The topological polar surface area (TPSA) is 98.0 Å². The molecule has 2 rings (SSSR count). The smallest absolute Gasteiger partial charge is 0.243 e. The normalized spacial score (nSPS) is 11.5. The van der Waals surface area contributed by atoms with Crippen LogP contribution in [-0.2, 0) is 16.6 Å². The van der Waals surface area contributed by atoms with Crippen LogP contribution in [0, 0.1) is 12.7 Å². The molecule has 6 nitrogen and oxygen atoms in total. The van der Waals surface area contributed by atoms with Crippen molar-refractivity contribution in [2.24, 2.45) is 0 Å². The molecule has 0 aliphatic rings. The minimum Gasteiger partial charge on any atom is -0.398 e. The number of hydrogen-bond donors (Lipinski definition) is 2. The zero-order chi connectivity index (χ0) is 14.8. The van der Waals surface area contributed by atoms with E-state index in [9.17, 15) is 12.8 Å². The number of nitrogens with zero attached hydrogens (tertiary/aromatic N) is 2. The van der Waals surface area contributed by atoms with E-state index < -0.39 is 15.8 Å². The third-order valence-corrected chi connectivity index (χ3v) is 4.00. The first-order valence-electron chi connectivity index (χ1n) is 5.71. The van der Waals surface area contributed by atoms with Gasteiger partial charge in [0, 0.05) is 6.20 Å². The summed E-state index contributed by atoms with van der Waals surface area (Å²) in [6.07, 6.45) is 2.99. The molecule has 0 radical (unpaired) electrons. The van der Waals surface area contributed by atoms with Crippen LogP contribution < -0.4 is 10.5 Å². The van der Waals surface area contributed by atoms with Gasteiger partial charge < -0.3 is 5.73 Å². The van der Waals surface area contributed by atoms with Crippen LogP contribution >= 0.6 is 0 Å². The quantitative estimate of drug-likeness (QED) is 0.820. The lowest BCUT2D eigenvalue weighted by molar-refractivity contribution is 0.577. The summed E-state index contributed by atoms with van der Waals surface area (Å²) >= 11 is 0. The molecule has 0 spiro atoms. The molecular weight excluding hydrogens is 283 g/mol. The van der Waals surface area contributed by atoms with Crippen molar-refractivity contribution >= 4 is 15.7 Å². The number of nitrogens with one attached hydrogen (secondary N) is 1. The molecule has 106 valence electrons. The van der Waals surface area contributed by atoms with E-state index in [0.29, 0.717) is 5.69 Å². The molecule has 0 aliphatic heterocycles. The van der Waals surface area contributed by atoms with Crippen molar-refractivity contribution < 1.29 is 12.8 Å². The van der Waals surface area contributed by atoms with Crippen molar-refractivity contribution in [2.75, 3.05) is 5.73 Å². The van der Waals surface area contributed by atoms with Gasteiger partial charge in [-0.2, -0.15) is 0 Å². The van der Waals surface area contributed by atoms with Crippen LogP contribution in [-0.4, -0.2) is 18.4 Å². The van der Waals surface area contributed by atoms with Crippen LogP contribution in [0.5, 0.6) is 0 Å². The zero-order valence-electron chi connectivity index (χ0n) is 10.7. The Labute approximate surface area is 115 Å². The van der Waals surface area contributed by atoms with Gasteiger partial charge in [-0.05, 0) is 25.1 Å². The first-order valence-corrected chi connectivity index (χ1v) is 7.19. The van der Waals surface area contributed by atoms with E-state index in [1.807, 2.05) is 0 Å². The summed E-state index contributed by atoms with van der Waals surface area (Å²) in [5.74, 6) is -0.672. The average molecular weight is 296 g/mol. The van der Waals surface area contributed by atoms with Crippen LogP contribution in [0.2, 0.25) is 0 Å². The number of benzene rings is 1. The van der Waals surface area contributed by atoms with E-state index in [0.717, 1.165) is 17.8 Å². The zero-order valence-corrected chi connectivity index (χ0v) is 11.5. The minimum absolute atomic E-state index is 0.0195. The number of halogens is 1. The summed E-state index contributed by atoms with van der Waals surface area (Å²) < 4.78 is 39.5. The van der Waals surface area contributed by atoms with Gasteiger partial charge in [0.2, 0.25) is 10.0 Å². The molecule has 0 bridgehead atoms. The van der Waals surface area contributed by atoms with Gasteiger partial charge in [0.05, 0.1) is 29.8 Å². The lowest BCUT2D eigenvalue weighted by Crippen LogP contribution is -2.24. The highest BCUT2D eigenvalue weighted by Gasteiger charge is 2.18. The van der Waals surface area contributed by atoms with Crippen molar-refractivity contribution in [3.8, 4) is 0 Å². The second-order valence-corrected chi connectivity index (χ2v) is 5.89. The van der Waals surface area contributed by atoms with Crippen molar-refractivity contribution in [1.29, 1.82) is 0 Å². The predicted molar refractivity (Wildman–Crippen MR) is 71.6 cm³/mol. The van der Waals surface area contributed by atoms with Crippen molar-refractivity contribution in [3.63, 3.8) is 0 Å². The standard InChI is InChI=1S/C12H13FN4O2S/c1-8-5-16-10(6-15-8)7-17-20(18,19)12-4-9(13)2-3-11(12)14/h2-6,17H,7,14H2,1H3. The fourth-order valence-electron chi connectivity index (χ4n) is 1.50. The molecule has 1 heterocycles. The van der Waals surface area contributed by atoms with E-state index in [4.69, 9.17) is 5.73 Å². The molecule has 0 saturated heterocycles. The number of anilines is 1. The molecule has 0 atom stereocenters. The maximum absolute atomic E-state index is 13.1. The number of aryl methyl sites for hydroxylation is 1. The third kappa shape index (κ3) is 3.28. The molecule has 0 fully saturated rings. The molecule has 3 N–H and O–H groups in total. The second kappa shape index (κ2) is 5.51. The molecule has 1 aromatic carbocycles. The number of rotatable bonds is 4. The first-order chi connectivity index (χ1) is 9.38. The summed E-state index contributed by atoms with van der Waals surface area (Å²) in [7, 11) is -3.90. The van der Waals surface area contributed by atoms with Gasteiger partial charge >= 0.3 is 0 Å². The van der Waals surface area contributed by atoms with Crippen LogP contribution in [0.25, 0.3) is 0 Å². The lowest BCUT2D eigenvalue weighted by Gasteiger charge is -2.08. The molecule has 0 aliphatic carbocycles. The molecular formula is C12H13FN4O2S. The third-order valence-electron chi connectivity index (χ3n) is 2.54. The number of hydrogen-bond acceptors (Lipinski definition) is 5. The highest BCUT2D eigenvalue weighted by atomic mass is 32.2. The van der Waals surface area contributed by atoms with E-state index >= 15 is 0 Å². The average Bonchev–Trinajstić information content (AvgIpc) is 2.41. The summed E-state index contributed by atoms with van der Waals surface area (Å²) in [5.41, 5.74) is 6.71. The molecule has 0 unspecified atom stereocenters. The van der Waals surface area contributed by atoms with Gasteiger partial charge in [0.15, 0.2) is 0 Å². The van der Waals surface area contributed by atoms with Crippen LogP contribution in [0.15, 0.2) is 35.5 Å². The lowest BCUT2D eigenvalue weighted by atomic mass is 10.3. The van der Waals surface area contributed by atoms with Crippen molar-refractivity contribution in [1.82, 2.24) is 14.7 Å². The largest absolute Gasteiger partial charge is 0.398 e. The molecule has 1 aromatic heterocycles. The molecule has 2 aromatic rings. The van der Waals surface area contributed by atoms with Gasteiger partial charge in [-0.15, -0.1) is 0 Å². The second-order valence-electron chi connectivity index (χ2n) is 4.16. The maximum Gasteiger partial charge on any atom is 0.243 e. The Morgan fingerprint density at radius 2 is 2.05 bits per heavy atom. The predicted octanol–water partition coefficient (Wildman–Crippen LogP) is 0.985. The molecule has 20 heavy (non-hydrogen) atoms. The number of sulfonamides is 1. The highest BCUT2D eigenvalue weighted by molar-refractivity contribution is 7.89. The molecule has 0 amide bonds. The van der Waals surface area contributed by atoms with Crippen molar-refractivity contribution in [2.45, 2.75) is 18.4 Å². The summed E-state index contributed by atoms with van der Waals surface area (Å²) in [5, 5.41) is 0. The number of nitrogens with two attached hydrogens (primary N) is 1. The molecule has 0 saturated carbocycles. The first kappa shape index (κ1) is 14.4. The summed E-state index contributed by atoms with van der Waals surface area (Å²) in [4.78, 5) is 7.73. The van der Waals surface area contributed by atoms with Crippen LogP contribution in [0.3, 0.4) is 0 Å². The summed E-state index contributed by atoms with van der Waals surface area (Å²) in [6, 6.07) is 3.17. The molecule has 8 heteroatoms. The Morgan fingerprint density at radius 3 is 2.70 bits per heavy atom.